The highest BCUT2D eigenvalue weighted by Gasteiger charge is 2.33. The minimum Gasteiger partial charge on any atom is -0.237 e. The molecule has 0 heterocycles. The third-order valence-electron chi connectivity index (χ3n) is 8.24. The van der Waals surface area contributed by atoms with Crippen LogP contribution in [0.5, 0.6) is 0 Å². The average molecular weight is 507 g/mol. The first kappa shape index (κ1) is 27.8. The Labute approximate surface area is 229 Å². The summed E-state index contributed by atoms with van der Waals surface area (Å²) in [5.74, 6) is 0.618. The number of hydrogen-bond donors (Lipinski definition) is 0. The second kappa shape index (κ2) is 13.0. The molecule has 4 aromatic carbocycles. The molecule has 2 nitrogen and oxygen atoms in total. The fourth-order valence-corrected chi connectivity index (χ4v) is 5.85. The maximum Gasteiger partial charge on any atom is 0.0828 e. The van der Waals surface area contributed by atoms with Gasteiger partial charge < -0.3 is 0 Å². The van der Waals surface area contributed by atoms with Gasteiger partial charge in [-0.05, 0) is 57.8 Å². The van der Waals surface area contributed by atoms with E-state index in [-0.39, 0.29) is 10.8 Å². The molecule has 4 rings (SSSR count). The molecule has 2 unspecified atom stereocenters. The van der Waals surface area contributed by atoms with Crippen molar-refractivity contribution in [3.63, 3.8) is 0 Å². The Hall–Kier alpha value is -3.20. The number of rotatable bonds is 13. The zero-order valence-corrected chi connectivity index (χ0v) is 23.3. The summed E-state index contributed by atoms with van der Waals surface area (Å²) in [6.45, 7) is 10.4. The fraction of sp³-hybridized carbons (Fsp3) is 0.333. The van der Waals surface area contributed by atoms with Crippen LogP contribution in [0.25, 0.3) is 0 Å². The summed E-state index contributed by atoms with van der Waals surface area (Å²) in [4.78, 5) is 11.6. The van der Waals surface area contributed by atoms with Gasteiger partial charge in [-0.15, -0.1) is 0 Å². The molecule has 0 bridgehead atoms. The lowest BCUT2D eigenvalue weighted by atomic mass is 9.69. The summed E-state index contributed by atoms with van der Waals surface area (Å²) >= 11 is 0. The highest BCUT2D eigenvalue weighted by molar-refractivity contribution is 5.33. The Morgan fingerprint density at radius 2 is 0.737 bits per heavy atom. The lowest BCUT2D eigenvalue weighted by molar-refractivity contribution is -0.296. The molecular formula is C36H42O2. The Morgan fingerprint density at radius 1 is 0.447 bits per heavy atom. The molecular weight excluding hydrogens is 464 g/mol. The van der Waals surface area contributed by atoms with Crippen molar-refractivity contribution in [2.45, 2.75) is 63.2 Å². The predicted molar refractivity (Wildman–Crippen MR) is 158 cm³/mol. The SMILES string of the molecule is CC(C)(c1ccccc1)C(CCOOCCC(c1ccccc1)C(C)(C)c1ccccc1)c1ccccc1. The van der Waals surface area contributed by atoms with Crippen molar-refractivity contribution in [3.05, 3.63) is 144 Å². The van der Waals surface area contributed by atoms with E-state index < -0.39 is 0 Å². The molecule has 0 aromatic heterocycles. The van der Waals surface area contributed by atoms with Crippen molar-refractivity contribution >= 4 is 0 Å². The van der Waals surface area contributed by atoms with E-state index in [0.717, 1.165) is 12.8 Å². The molecule has 4 aromatic rings. The second-order valence-electron chi connectivity index (χ2n) is 11.3. The molecule has 0 saturated carbocycles. The summed E-state index contributed by atoms with van der Waals surface area (Å²) in [7, 11) is 0. The van der Waals surface area contributed by atoms with Gasteiger partial charge in [0.15, 0.2) is 0 Å². The van der Waals surface area contributed by atoms with Gasteiger partial charge in [-0.3, -0.25) is 0 Å². The van der Waals surface area contributed by atoms with Gasteiger partial charge in [-0.2, -0.15) is 0 Å². The standard InChI is InChI=1S/C36H42O2/c1-35(2,31-21-13-7-14-22-31)33(29-17-9-5-10-18-29)25-27-37-38-28-26-34(30-19-11-6-12-20-30)36(3,4)32-23-15-8-16-24-32/h5-24,33-34H,25-28H2,1-4H3. The number of hydrogen-bond acceptors (Lipinski definition) is 2. The summed E-state index contributed by atoms with van der Waals surface area (Å²) in [6.07, 6.45) is 1.76. The van der Waals surface area contributed by atoms with Crippen LogP contribution in [0.2, 0.25) is 0 Å². The third-order valence-corrected chi connectivity index (χ3v) is 8.24. The maximum atomic E-state index is 5.82. The molecule has 198 valence electrons. The Kier molecular flexibility index (Phi) is 9.55. The van der Waals surface area contributed by atoms with E-state index in [0.29, 0.717) is 25.0 Å². The van der Waals surface area contributed by atoms with Crippen molar-refractivity contribution < 1.29 is 9.78 Å². The molecule has 0 N–H and O–H groups in total. The smallest absolute Gasteiger partial charge is 0.0828 e. The lowest BCUT2D eigenvalue weighted by Gasteiger charge is -2.36. The van der Waals surface area contributed by atoms with Crippen LogP contribution in [0.15, 0.2) is 121 Å². The molecule has 0 spiro atoms. The quantitative estimate of drug-likeness (QED) is 0.102. The zero-order valence-electron chi connectivity index (χ0n) is 23.3. The minimum absolute atomic E-state index is 0.0376. The van der Waals surface area contributed by atoms with Crippen LogP contribution < -0.4 is 0 Å². The first-order chi connectivity index (χ1) is 18.4. The second-order valence-corrected chi connectivity index (χ2v) is 11.3. The third kappa shape index (κ3) is 6.81. The van der Waals surface area contributed by atoms with Gasteiger partial charge in [-0.25, -0.2) is 9.78 Å². The normalized spacial score (nSPS) is 13.7. The topological polar surface area (TPSA) is 18.5 Å². The highest BCUT2D eigenvalue weighted by Crippen LogP contribution is 2.42. The van der Waals surface area contributed by atoms with Gasteiger partial charge in [0.25, 0.3) is 0 Å². The van der Waals surface area contributed by atoms with Crippen LogP contribution in [0.3, 0.4) is 0 Å². The van der Waals surface area contributed by atoms with Crippen LogP contribution in [-0.4, -0.2) is 13.2 Å². The monoisotopic (exact) mass is 506 g/mol. The van der Waals surface area contributed by atoms with E-state index >= 15 is 0 Å². The Morgan fingerprint density at radius 3 is 1.05 bits per heavy atom. The molecule has 2 heteroatoms. The Balaban J connectivity index is 1.38. The van der Waals surface area contributed by atoms with Crippen molar-refractivity contribution in [1.82, 2.24) is 0 Å². The first-order valence-electron chi connectivity index (χ1n) is 13.9. The molecule has 0 radical (unpaired) electrons. The molecule has 0 amide bonds. The van der Waals surface area contributed by atoms with Gasteiger partial charge in [0, 0.05) is 0 Å². The molecule has 0 fully saturated rings. The highest BCUT2D eigenvalue weighted by atomic mass is 17.2. The van der Waals surface area contributed by atoms with Gasteiger partial charge in [0.05, 0.1) is 13.2 Å². The van der Waals surface area contributed by atoms with Gasteiger partial charge in [0.1, 0.15) is 0 Å². The average Bonchev–Trinajstić information content (AvgIpc) is 2.96. The summed E-state index contributed by atoms with van der Waals surface area (Å²) in [5.41, 5.74) is 5.26. The maximum absolute atomic E-state index is 5.82. The molecule has 2 atom stereocenters. The molecule has 0 saturated heterocycles. The van der Waals surface area contributed by atoms with Crippen molar-refractivity contribution in [2.24, 2.45) is 0 Å². The van der Waals surface area contributed by atoms with Crippen LogP contribution in [0.1, 0.15) is 74.6 Å². The summed E-state index contributed by atoms with van der Waals surface area (Å²) in [5, 5.41) is 0. The van der Waals surface area contributed by atoms with Crippen molar-refractivity contribution in [3.8, 4) is 0 Å². The number of benzene rings is 4. The van der Waals surface area contributed by atoms with Crippen molar-refractivity contribution in [2.75, 3.05) is 13.2 Å². The van der Waals surface area contributed by atoms with E-state index in [1.54, 1.807) is 0 Å². The lowest BCUT2D eigenvalue weighted by Crippen LogP contribution is -2.29. The van der Waals surface area contributed by atoms with E-state index in [2.05, 4.69) is 149 Å². The molecule has 0 aliphatic carbocycles. The van der Waals surface area contributed by atoms with Crippen LogP contribution in [0, 0.1) is 0 Å². The predicted octanol–water partition coefficient (Wildman–Crippen LogP) is 9.24. The van der Waals surface area contributed by atoms with Gasteiger partial charge in [0.2, 0.25) is 0 Å². The first-order valence-corrected chi connectivity index (χ1v) is 13.9. The van der Waals surface area contributed by atoms with Crippen molar-refractivity contribution in [1.29, 1.82) is 0 Å². The fourth-order valence-electron chi connectivity index (χ4n) is 5.85. The largest absolute Gasteiger partial charge is 0.237 e. The summed E-state index contributed by atoms with van der Waals surface area (Å²) in [6, 6.07) is 43.1. The minimum atomic E-state index is -0.0376. The van der Waals surface area contributed by atoms with E-state index in [1.807, 2.05) is 0 Å². The van der Waals surface area contributed by atoms with Crippen LogP contribution >= 0.6 is 0 Å². The molecule has 0 aliphatic rings. The van der Waals surface area contributed by atoms with E-state index in [9.17, 15) is 0 Å². The van der Waals surface area contributed by atoms with E-state index in [1.165, 1.54) is 22.3 Å². The van der Waals surface area contributed by atoms with Gasteiger partial charge >= 0.3 is 0 Å². The van der Waals surface area contributed by atoms with Gasteiger partial charge in [-0.1, -0.05) is 149 Å². The molecule has 38 heavy (non-hydrogen) atoms. The zero-order chi connectivity index (χ0) is 26.8. The van der Waals surface area contributed by atoms with Crippen LogP contribution in [-0.2, 0) is 20.6 Å². The van der Waals surface area contributed by atoms with Crippen LogP contribution in [0.4, 0.5) is 0 Å². The Bertz CT molecular complexity index is 1100. The summed E-state index contributed by atoms with van der Waals surface area (Å²) < 4.78 is 0. The van der Waals surface area contributed by atoms with E-state index in [4.69, 9.17) is 9.78 Å². The molecule has 0 aliphatic heterocycles.